The number of unbranched alkanes of at least 4 members (excludes halogenated alkanes) is 3. The minimum atomic E-state index is 0. The monoisotopic (exact) mass is 303 g/mol. The van der Waals surface area contributed by atoms with Crippen LogP contribution in [-0.4, -0.2) is 5.54 Å². The van der Waals surface area contributed by atoms with E-state index >= 15 is 0 Å². The zero-order valence-corrected chi connectivity index (χ0v) is 15.0. The second kappa shape index (κ2) is 10.1. The average molecular weight is 304 g/mol. The van der Waals surface area contributed by atoms with Crippen LogP contribution in [0.5, 0.6) is 0 Å². The van der Waals surface area contributed by atoms with E-state index in [1.807, 2.05) is 0 Å². The van der Waals surface area contributed by atoms with Crippen molar-refractivity contribution in [1.82, 2.24) is 0 Å². The van der Waals surface area contributed by atoms with Crippen molar-refractivity contribution in [1.29, 1.82) is 0 Å². The molecule has 1 aliphatic rings. The van der Waals surface area contributed by atoms with Crippen LogP contribution >= 0.6 is 12.4 Å². The molecular weight excluding hydrogens is 266 g/mol. The molecule has 1 saturated carbocycles. The highest BCUT2D eigenvalue weighted by atomic mass is 35.5. The third-order valence-corrected chi connectivity index (χ3v) is 5.58. The first kappa shape index (κ1) is 20.2. The fourth-order valence-electron chi connectivity index (χ4n) is 4.20. The summed E-state index contributed by atoms with van der Waals surface area (Å²) in [5.74, 6) is 0. The fourth-order valence-corrected chi connectivity index (χ4v) is 4.20. The lowest BCUT2D eigenvalue weighted by atomic mass is 9.56. The zero-order chi connectivity index (χ0) is 14.2. The van der Waals surface area contributed by atoms with Gasteiger partial charge in [0.1, 0.15) is 0 Å². The second-order valence-electron chi connectivity index (χ2n) is 6.95. The molecule has 2 heteroatoms. The van der Waals surface area contributed by atoms with Gasteiger partial charge in [-0.05, 0) is 37.5 Å². The molecule has 0 aromatic rings. The zero-order valence-electron chi connectivity index (χ0n) is 14.2. The Hall–Kier alpha value is 0.250. The van der Waals surface area contributed by atoms with Crippen LogP contribution in [0.2, 0.25) is 0 Å². The van der Waals surface area contributed by atoms with Gasteiger partial charge in [0.05, 0.1) is 0 Å². The summed E-state index contributed by atoms with van der Waals surface area (Å²) in [7, 11) is 0. The van der Waals surface area contributed by atoms with E-state index in [9.17, 15) is 0 Å². The predicted molar refractivity (Wildman–Crippen MR) is 93.6 cm³/mol. The molecule has 2 N–H and O–H groups in total. The summed E-state index contributed by atoms with van der Waals surface area (Å²) in [5.41, 5.74) is 7.62. The maximum Gasteiger partial charge on any atom is 0.0211 e. The molecule has 1 aliphatic carbocycles. The van der Waals surface area contributed by atoms with Gasteiger partial charge in [-0.25, -0.2) is 0 Å². The summed E-state index contributed by atoms with van der Waals surface area (Å²) in [6.45, 7) is 6.94. The third-order valence-electron chi connectivity index (χ3n) is 5.58. The van der Waals surface area contributed by atoms with Crippen LogP contribution in [0.15, 0.2) is 0 Å². The van der Waals surface area contributed by atoms with Crippen molar-refractivity contribution in [2.75, 3.05) is 0 Å². The Morgan fingerprint density at radius 3 is 1.70 bits per heavy atom. The van der Waals surface area contributed by atoms with Gasteiger partial charge in [0.15, 0.2) is 0 Å². The van der Waals surface area contributed by atoms with Gasteiger partial charge in [0.2, 0.25) is 0 Å². The lowest BCUT2D eigenvalue weighted by molar-refractivity contribution is 0.0287. The molecule has 0 aliphatic heterocycles. The first-order valence-corrected chi connectivity index (χ1v) is 8.93. The van der Waals surface area contributed by atoms with Crippen molar-refractivity contribution < 1.29 is 0 Å². The van der Waals surface area contributed by atoms with Crippen molar-refractivity contribution in [3.63, 3.8) is 0 Å². The molecule has 0 amide bonds. The minimum absolute atomic E-state index is 0. The molecule has 0 radical (unpaired) electrons. The highest BCUT2D eigenvalue weighted by Gasteiger charge is 2.48. The van der Waals surface area contributed by atoms with E-state index in [2.05, 4.69) is 20.8 Å². The van der Waals surface area contributed by atoms with Crippen LogP contribution in [0.25, 0.3) is 0 Å². The topological polar surface area (TPSA) is 26.0 Å². The van der Waals surface area contributed by atoms with Gasteiger partial charge in [0.25, 0.3) is 0 Å². The van der Waals surface area contributed by atoms with E-state index in [1.54, 1.807) is 0 Å². The van der Waals surface area contributed by atoms with Gasteiger partial charge in [-0.3, -0.25) is 0 Å². The Morgan fingerprint density at radius 1 is 0.750 bits per heavy atom. The molecule has 0 heterocycles. The Labute approximate surface area is 133 Å². The lowest BCUT2D eigenvalue weighted by Gasteiger charge is -2.53. The van der Waals surface area contributed by atoms with Crippen LogP contribution in [0.1, 0.15) is 104 Å². The smallest absolute Gasteiger partial charge is 0.0211 e. The van der Waals surface area contributed by atoms with Crippen LogP contribution in [-0.2, 0) is 0 Å². The molecule has 1 unspecified atom stereocenters. The molecule has 1 fully saturated rings. The molecule has 0 spiro atoms. The SMILES string of the molecule is CCCCC1(N)CCCCC1(CCCC)CCCC.Cl. The summed E-state index contributed by atoms with van der Waals surface area (Å²) in [5, 5.41) is 0. The second-order valence-corrected chi connectivity index (χ2v) is 6.95. The number of halogens is 1. The maximum atomic E-state index is 7.01. The van der Waals surface area contributed by atoms with Crippen molar-refractivity contribution in [2.45, 2.75) is 110 Å². The quantitative estimate of drug-likeness (QED) is 0.536. The van der Waals surface area contributed by atoms with Gasteiger partial charge in [0, 0.05) is 5.54 Å². The molecule has 20 heavy (non-hydrogen) atoms. The third kappa shape index (κ3) is 4.91. The van der Waals surface area contributed by atoms with E-state index in [0.29, 0.717) is 5.41 Å². The molecular formula is C18H38ClN. The van der Waals surface area contributed by atoms with E-state index < -0.39 is 0 Å². The Kier molecular flexibility index (Phi) is 10.2. The van der Waals surface area contributed by atoms with Crippen LogP contribution in [0, 0.1) is 5.41 Å². The van der Waals surface area contributed by atoms with Crippen molar-refractivity contribution in [2.24, 2.45) is 11.1 Å². The lowest BCUT2D eigenvalue weighted by Crippen LogP contribution is -2.57. The van der Waals surface area contributed by atoms with Crippen LogP contribution in [0.3, 0.4) is 0 Å². The molecule has 0 saturated heterocycles. The number of rotatable bonds is 9. The highest BCUT2D eigenvalue weighted by molar-refractivity contribution is 5.85. The average Bonchev–Trinajstić information content (AvgIpc) is 2.43. The Morgan fingerprint density at radius 2 is 1.20 bits per heavy atom. The van der Waals surface area contributed by atoms with E-state index in [4.69, 9.17) is 5.73 Å². The van der Waals surface area contributed by atoms with Gasteiger partial charge >= 0.3 is 0 Å². The molecule has 1 rings (SSSR count). The normalized spacial score (nSPS) is 25.2. The van der Waals surface area contributed by atoms with Crippen molar-refractivity contribution in [3.8, 4) is 0 Å². The standard InChI is InChI=1S/C18H37N.ClH/c1-4-7-12-17(13-8-5-2)14-10-11-16-18(17,19)15-9-6-3;/h4-16,19H2,1-3H3;1H. The molecule has 0 aromatic carbocycles. The summed E-state index contributed by atoms with van der Waals surface area (Å²) in [6, 6.07) is 0. The van der Waals surface area contributed by atoms with Gasteiger partial charge in [-0.15, -0.1) is 12.4 Å². The predicted octanol–water partition coefficient (Wildman–Crippen LogP) is 6.24. The number of nitrogens with two attached hydrogens (primary N) is 1. The summed E-state index contributed by atoms with van der Waals surface area (Å²) < 4.78 is 0. The molecule has 1 nitrogen and oxygen atoms in total. The molecule has 1 atom stereocenters. The first-order chi connectivity index (χ1) is 9.14. The van der Waals surface area contributed by atoms with Gasteiger partial charge in [-0.2, -0.15) is 0 Å². The van der Waals surface area contributed by atoms with Crippen LogP contribution < -0.4 is 5.73 Å². The fraction of sp³-hybridized carbons (Fsp3) is 1.00. The Balaban J connectivity index is 0.00000361. The summed E-state index contributed by atoms with van der Waals surface area (Å²) >= 11 is 0. The summed E-state index contributed by atoms with van der Waals surface area (Å²) in [6.07, 6.45) is 17.4. The van der Waals surface area contributed by atoms with E-state index in [0.717, 1.165) is 0 Å². The number of hydrogen-bond acceptors (Lipinski definition) is 1. The van der Waals surface area contributed by atoms with Crippen LogP contribution in [0.4, 0.5) is 0 Å². The van der Waals surface area contributed by atoms with Crippen molar-refractivity contribution >= 4 is 12.4 Å². The molecule has 0 aromatic heterocycles. The van der Waals surface area contributed by atoms with E-state index in [1.165, 1.54) is 83.5 Å². The Bertz CT molecular complexity index is 234. The van der Waals surface area contributed by atoms with Crippen molar-refractivity contribution in [3.05, 3.63) is 0 Å². The first-order valence-electron chi connectivity index (χ1n) is 8.93. The van der Waals surface area contributed by atoms with Gasteiger partial charge < -0.3 is 5.73 Å². The maximum absolute atomic E-state index is 7.01. The summed E-state index contributed by atoms with van der Waals surface area (Å²) in [4.78, 5) is 0. The molecule has 122 valence electrons. The number of hydrogen-bond donors (Lipinski definition) is 1. The minimum Gasteiger partial charge on any atom is -0.325 e. The van der Waals surface area contributed by atoms with E-state index in [-0.39, 0.29) is 17.9 Å². The van der Waals surface area contributed by atoms with Gasteiger partial charge in [-0.1, -0.05) is 72.1 Å². The molecule has 0 bridgehead atoms. The highest BCUT2D eigenvalue weighted by Crippen LogP contribution is 2.51. The largest absolute Gasteiger partial charge is 0.325 e.